The quantitative estimate of drug-likeness (QED) is 0.912. The van der Waals surface area contributed by atoms with Crippen molar-refractivity contribution >= 4 is 11.3 Å². The van der Waals surface area contributed by atoms with Gasteiger partial charge in [0.05, 0.1) is 6.04 Å². The lowest BCUT2D eigenvalue weighted by molar-refractivity contribution is 0.627. The minimum atomic E-state index is -0.235. The van der Waals surface area contributed by atoms with Crippen molar-refractivity contribution in [2.75, 3.05) is 0 Å². The van der Waals surface area contributed by atoms with Crippen molar-refractivity contribution < 1.29 is 4.39 Å². The molecule has 0 aliphatic heterocycles. The van der Waals surface area contributed by atoms with Gasteiger partial charge in [0.15, 0.2) is 0 Å². The predicted molar refractivity (Wildman–Crippen MR) is 67.3 cm³/mol. The molecule has 0 aliphatic rings. The molecular weight excluding hydrogens is 237 g/mol. The van der Waals surface area contributed by atoms with E-state index >= 15 is 0 Å². The highest BCUT2D eigenvalue weighted by Gasteiger charge is 2.13. The third-order valence-electron chi connectivity index (χ3n) is 2.62. The highest BCUT2D eigenvalue weighted by atomic mass is 32.1. The first-order chi connectivity index (χ1) is 8.11. The second-order valence-electron chi connectivity index (χ2n) is 3.92. The Balaban J connectivity index is 2.37. The third kappa shape index (κ3) is 2.50. The Bertz CT molecular complexity index is 524. The van der Waals surface area contributed by atoms with Crippen LogP contribution >= 0.6 is 11.3 Å². The summed E-state index contributed by atoms with van der Waals surface area (Å²) in [6.07, 6.45) is 0.830. The van der Waals surface area contributed by atoms with E-state index in [0.717, 1.165) is 27.6 Å². The largest absolute Gasteiger partial charge is 0.322 e. The van der Waals surface area contributed by atoms with Crippen LogP contribution in [0.5, 0.6) is 0 Å². The first-order valence-corrected chi connectivity index (χ1v) is 6.29. The van der Waals surface area contributed by atoms with Crippen molar-refractivity contribution in [1.29, 1.82) is 0 Å². The highest BCUT2D eigenvalue weighted by molar-refractivity contribution is 7.14. The molecule has 1 aromatic heterocycles. The van der Waals surface area contributed by atoms with Crippen LogP contribution in [0.2, 0.25) is 0 Å². The molecule has 0 aliphatic carbocycles. The van der Waals surface area contributed by atoms with Crippen LogP contribution in [-0.2, 0) is 0 Å². The number of nitrogens with zero attached hydrogens (tertiary/aromatic N) is 2. The number of aryl methyl sites for hydroxylation is 1. The van der Waals surface area contributed by atoms with E-state index in [0.29, 0.717) is 0 Å². The lowest BCUT2D eigenvalue weighted by Gasteiger charge is -2.02. The second kappa shape index (κ2) is 4.89. The van der Waals surface area contributed by atoms with Crippen LogP contribution in [0.4, 0.5) is 4.39 Å². The van der Waals surface area contributed by atoms with Crippen LogP contribution in [-0.4, -0.2) is 10.2 Å². The fourth-order valence-corrected chi connectivity index (χ4v) is 2.55. The molecule has 0 spiro atoms. The molecule has 2 N–H and O–H groups in total. The highest BCUT2D eigenvalue weighted by Crippen LogP contribution is 2.29. The Labute approximate surface area is 104 Å². The Morgan fingerprint density at radius 1 is 1.41 bits per heavy atom. The van der Waals surface area contributed by atoms with Crippen molar-refractivity contribution in [2.45, 2.75) is 26.3 Å². The Morgan fingerprint density at radius 2 is 2.18 bits per heavy atom. The van der Waals surface area contributed by atoms with Gasteiger partial charge in [-0.3, -0.25) is 0 Å². The summed E-state index contributed by atoms with van der Waals surface area (Å²) < 4.78 is 13.0. The summed E-state index contributed by atoms with van der Waals surface area (Å²) in [5, 5.41) is 9.81. The lowest BCUT2D eigenvalue weighted by atomic mass is 10.1. The van der Waals surface area contributed by atoms with Crippen LogP contribution in [0.25, 0.3) is 10.6 Å². The van der Waals surface area contributed by atoms with E-state index in [4.69, 9.17) is 5.73 Å². The minimum Gasteiger partial charge on any atom is -0.322 e. The molecule has 0 amide bonds. The van der Waals surface area contributed by atoms with E-state index in [2.05, 4.69) is 10.2 Å². The van der Waals surface area contributed by atoms with Gasteiger partial charge >= 0.3 is 0 Å². The number of hydrogen-bond acceptors (Lipinski definition) is 4. The van der Waals surface area contributed by atoms with E-state index in [1.165, 1.54) is 23.5 Å². The van der Waals surface area contributed by atoms with Crippen molar-refractivity contribution in [3.63, 3.8) is 0 Å². The van der Waals surface area contributed by atoms with Crippen LogP contribution in [0.3, 0.4) is 0 Å². The molecular formula is C12H14FN3S. The lowest BCUT2D eigenvalue weighted by Crippen LogP contribution is -2.07. The molecule has 0 saturated carbocycles. The topological polar surface area (TPSA) is 51.8 Å². The van der Waals surface area contributed by atoms with Gasteiger partial charge < -0.3 is 5.73 Å². The number of halogens is 1. The molecule has 1 unspecified atom stereocenters. The summed E-state index contributed by atoms with van der Waals surface area (Å²) in [4.78, 5) is 0. The minimum absolute atomic E-state index is 0.0676. The van der Waals surface area contributed by atoms with Crippen molar-refractivity contribution in [3.05, 3.63) is 34.6 Å². The second-order valence-corrected chi connectivity index (χ2v) is 4.93. The monoisotopic (exact) mass is 251 g/mol. The summed E-state index contributed by atoms with van der Waals surface area (Å²) >= 11 is 1.47. The smallest absolute Gasteiger partial charge is 0.148 e. The molecule has 0 fully saturated rings. The average molecular weight is 251 g/mol. The SMILES string of the molecule is CCC(N)c1nnc(-c2ccc(F)cc2C)s1. The van der Waals surface area contributed by atoms with Crippen LogP contribution in [0.15, 0.2) is 18.2 Å². The normalized spacial score (nSPS) is 12.7. The van der Waals surface area contributed by atoms with E-state index in [-0.39, 0.29) is 11.9 Å². The molecule has 17 heavy (non-hydrogen) atoms. The maximum Gasteiger partial charge on any atom is 0.148 e. The van der Waals surface area contributed by atoms with E-state index in [1.54, 1.807) is 6.07 Å². The summed E-state index contributed by atoms with van der Waals surface area (Å²) in [6, 6.07) is 4.59. The number of rotatable bonds is 3. The predicted octanol–water partition coefficient (Wildman–Crippen LogP) is 3.06. The molecule has 0 saturated heterocycles. The first kappa shape index (κ1) is 12.1. The molecule has 0 bridgehead atoms. The van der Waals surface area contributed by atoms with Crippen molar-refractivity contribution in [3.8, 4) is 10.6 Å². The van der Waals surface area contributed by atoms with Crippen LogP contribution in [0, 0.1) is 12.7 Å². The van der Waals surface area contributed by atoms with Gasteiger partial charge in [0.2, 0.25) is 0 Å². The van der Waals surface area contributed by atoms with Gasteiger partial charge in [-0.15, -0.1) is 10.2 Å². The first-order valence-electron chi connectivity index (χ1n) is 5.47. The van der Waals surface area contributed by atoms with Gasteiger partial charge in [0.1, 0.15) is 15.8 Å². The zero-order chi connectivity index (χ0) is 12.4. The van der Waals surface area contributed by atoms with E-state index in [1.807, 2.05) is 13.8 Å². The van der Waals surface area contributed by atoms with Gasteiger partial charge in [-0.25, -0.2) is 4.39 Å². The van der Waals surface area contributed by atoms with Gasteiger partial charge in [0, 0.05) is 5.56 Å². The molecule has 0 radical (unpaired) electrons. The zero-order valence-corrected chi connectivity index (χ0v) is 10.6. The van der Waals surface area contributed by atoms with Gasteiger partial charge in [0.25, 0.3) is 0 Å². The van der Waals surface area contributed by atoms with Crippen LogP contribution < -0.4 is 5.73 Å². The Morgan fingerprint density at radius 3 is 2.82 bits per heavy atom. The molecule has 3 nitrogen and oxygen atoms in total. The zero-order valence-electron chi connectivity index (χ0n) is 9.77. The Kier molecular flexibility index (Phi) is 3.49. The molecule has 1 aromatic carbocycles. The summed E-state index contributed by atoms with van der Waals surface area (Å²) in [5.41, 5.74) is 7.67. The van der Waals surface area contributed by atoms with Crippen molar-refractivity contribution in [1.82, 2.24) is 10.2 Å². The molecule has 2 aromatic rings. The average Bonchev–Trinajstić information content (AvgIpc) is 2.77. The van der Waals surface area contributed by atoms with Gasteiger partial charge in [-0.1, -0.05) is 18.3 Å². The maximum atomic E-state index is 13.0. The maximum absolute atomic E-state index is 13.0. The molecule has 1 atom stereocenters. The fourth-order valence-electron chi connectivity index (χ4n) is 1.53. The summed E-state index contributed by atoms with van der Waals surface area (Å²) in [6.45, 7) is 3.87. The summed E-state index contributed by atoms with van der Waals surface area (Å²) in [5.74, 6) is -0.235. The van der Waals surface area contributed by atoms with E-state index < -0.39 is 0 Å². The molecule has 2 rings (SSSR count). The van der Waals surface area contributed by atoms with E-state index in [9.17, 15) is 4.39 Å². The third-order valence-corrected chi connectivity index (χ3v) is 3.70. The summed E-state index contributed by atoms with van der Waals surface area (Å²) in [7, 11) is 0. The molecule has 1 heterocycles. The van der Waals surface area contributed by atoms with Gasteiger partial charge in [-0.05, 0) is 37.1 Å². The van der Waals surface area contributed by atoms with Gasteiger partial charge in [-0.2, -0.15) is 0 Å². The number of aromatic nitrogens is 2. The number of benzene rings is 1. The number of hydrogen-bond donors (Lipinski definition) is 1. The van der Waals surface area contributed by atoms with Crippen molar-refractivity contribution in [2.24, 2.45) is 5.73 Å². The standard InChI is InChI=1S/C12H14FN3S/c1-3-10(14)12-16-15-11(17-12)9-5-4-8(13)6-7(9)2/h4-6,10H,3,14H2,1-2H3. The fraction of sp³-hybridized carbons (Fsp3) is 0.333. The molecule has 5 heteroatoms. The Hall–Kier alpha value is -1.33. The van der Waals surface area contributed by atoms with Crippen LogP contribution in [0.1, 0.15) is 30.0 Å². The molecule has 90 valence electrons. The number of nitrogens with two attached hydrogens (primary N) is 1.